The molecule has 2 aromatic rings. The summed E-state index contributed by atoms with van der Waals surface area (Å²) in [7, 11) is 0. The minimum atomic E-state index is -0.889. The smallest absolute Gasteiger partial charge is 0.303 e. The molecule has 2 N–H and O–H groups in total. The molecule has 136 valence electrons. The summed E-state index contributed by atoms with van der Waals surface area (Å²) in [5.41, 5.74) is 2.06. The molecule has 5 nitrogen and oxygen atoms in total. The van der Waals surface area contributed by atoms with Gasteiger partial charge in [0.1, 0.15) is 0 Å². The van der Waals surface area contributed by atoms with Gasteiger partial charge in [0, 0.05) is 30.0 Å². The van der Waals surface area contributed by atoms with Crippen molar-refractivity contribution in [2.24, 2.45) is 0 Å². The second-order valence-electron chi connectivity index (χ2n) is 6.15. The molecule has 0 aromatic heterocycles. The first kappa shape index (κ1) is 19.4. The van der Waals surface area contributed by atoms with Crippen LogP contribution >= 0.6 is 0 Å². The van der Waals surface area contributed by atoms with Gasteiger partial charge in [0.05, 0.1) is 0 Å². The summed E-state index contributed by atoms with van der Waals surface area (Å²) < 4.78 is 0. The topological polar surface area (TPSA) is 83.5 Å². The van der Waals surface area contributed by atoms with E-state index in [1.54, 1.807) is 31.2 Å². The minimum absolute atomic E-state index is 0.0122. The molecule has 2 rings (SSSR count). The molecule has 0 fully saturated rings. The molecule has 0 heterocycles. The van der Waals surface area contributed by atoms with Crippen LogP contribution in [0.1, 0.15) is 52.5 Å². The first-order valence-corrected chi connectivity index (χ1v) is 8.69. The van der Waals surface area contributed by atoms with Gasteiger partial charge in [-0.25, -0.2) is 0 Å². The van der Waals surface area contributed by atoms with E-state index in [0.29, 0.717) is 30.4 Å². The van der Waals surface area contributed by atoms with E-state index in [4.69, 9.17) is 5.11 Å². The molecule has 1 atom stereocenters. The lowest BCUT2D eigenvalue weighted by atomic mass is 10.0. The van der Waals surface area contributed by atoms with Gasteiger partial charge in [-0.1, -0.05) is 49.4 Å². The van der Waals surface area contributed by atoms with E-state index < -0.39 is 5.97 Å². The summed E-state index contributed by atoms with van der Waals surface area (Å²) in [5.74, 6) is -1.13. The number of hydrogen-bond donors (Lipinski definition) is 2. The van der Waals surface area contributed by atoms with Gasteiger partial charge in [-0.2, -0.15) is 0 Å². The number of carboxylic acids is 1. The number of ketones is 1. The van der Waals surface area contributed by atoms with Crippen LogP contribution in [0.4, 0.5) is 0 Å². The van der Waals surface area contributed by atoms with Crippen molar-refractivity contribution >= 4 is 17.7 Å². The van der Waals surface area contributed by atoms with Crippen molar-refractivity contribution in [2.45, 2.75) is 38.6 Å². The summed E-state index contributed by atoms with van der Waals surface area (Å²) in [4.78, 5) is 35.1. The molecule has 0 saturated heterocycles. The molecule has 1 amide bonds. The number of carbonyl (C=O) groups is 3. The number of carboxylic acid groups (broad SMARTS) is 1. The Morgan fingerprint density at radius 2 is 1.58 bits per heavy atom. The average molecular weight is 353 g/mol. The van der Waals surface area contributed by atoms with Crippen molar-refractivity contribution in [3.05, 3.63) is 71.3 Å². The molecule has 1 unspecified atom stereocenters. The largest absolute Gasteiger partial charge is 0.481 e. The Kier molecular flexibility index (Phi) is 7.09. The second-order valence-corrected chi connectivity index (χ2v) is 6.15. The highest BCUT2D eigenvalue weighted by Gasteiger charge is 2.16. The van der Waals surface area contributed by atoms with Gasteiger partial charge in [-0.3, -0.25) is 14.4 Å². The quantitative estimate of drug-likeness (QED) is 0.676. The highest BCUT2D eigenvalue weighted by Crippen LogP contribution is 2.11. The van der Waals surface area contributed by atoms with Crippen LogP contribution < -0.4 is 5.32 Å². The van der Waals surface area contributed by atoms with Gasteiger partial charge in [-0.15, -0.1) is 0 Å². The van der Waals surface area contributed by atoms with E-state index in [1.165, 1.54) is 0 Å². The van der Waals surface area contributed by atoms with Gasteiger partial charge in [0.15, 0.2) is 5.78 Å². The summed E-state index contributed by atoms with van der Waals surface area (Å²) in [6, 6.07) is 15.9. The maximum Gasteiger partial charge on any atom is 0.303 e. The number of Topliss-reactive ketones (excluding diaryl/α,β-unsaturated/α-hetero) is 1. The molecule has 0 aliphatic rings. The zero-order valence-corrected chi connectivity index (χ0v) is 14.8. The van der Waals surface area contributed by atoms with Gasteiger partial charge in [0.25, 0.3) is 5.91 Å². The first-order chi connectivity index (χ1) is 12.5. The van der Waals surface area contributed by atoms with Crippen molar-refractivity contribution in [1.82, 2.24) is 5.32 Å². The highest BCUT2D eigenvalue weighted by atomic mass is 16.4. The van der Waals surface area contributed by atoms with Crippen molar-refractivity contribution in [3.63, 3.8) is 0 Å². The maximum atomic E-state index is 12.5. The lowest BCUT2D eigenvalue weighted by Gasteiger charge is -2.18. The van der Waals surface area contributed by atoms with Gasteiger partial charge in [-0.05, 0) is 30.5 Å². The van der Waals surface area contributed by atoms with E-state index in [1.807, 2.05) is 30.3 Å². The zero-order chi connectivity index (χ0) is 18.9. The van der Waals surface area contributed by atoms with Crippen LogP contribution in [0.25, 0.3) is 0 Å². The molecule has 0 radical (unpaired) electrons. The lowest BCUT2D eigenvalue weighted by Crippen LogP contribution is -2.37. The Balaban J connectivity index is 2.06. The Morgan fingerprint density at radius 1 is 0.962 bits per heavy atom. The third-order valence-corrected chi connectivity index (χ3v) is 4.16. The molecule has 0 bridgehead atoms. The number of nitrogens with one attached hydrogen (secondary N) is 1. The molecule has 0 aliphatic heterocycles. The van der Waals surface area contributed by atoms with E-state index in [9.17, 15) is 14.4 Å². The predicted octanol–water partition coefficient (Wildman–Crippen LogP) is 3.49. The summed E-state index contributed by atoms with van der Waals surface area (Å²) >= 11 is 0. The fourth-order valence-electron chi connectivity index (χ4n) is 2.70. The third kappa shape index (κ3) is 5.84. The number of aliphatic carboxylic acids is 1. The monoisotopic (exact) mass is 353 g/mol. The van der Waals surface area contributed by atoms with Crippen LogP contribution in [-0.2, 0) is 11.2 Å². The van der Waals surface area contributed by atoms with E-state index >= 15 is 0 Å². The number of carbonyl (C=O) groups excluding carboxylic acids is 2. The van der Waals surface area contributed by atoms with Crippen LogP contribution in [0.5, 0.6) is 0 Å². The first-order valence-electron chi connectivity index (χ1n) is 8.69. The Hall–Kier alpha value is -2.95. The standard InChI is InChI=1S/C21H23NO4/c1-2-19(23)16-8-10-17(11-9-16)21(26)22-18(12-13-20(24)25)14-15-6-4-3-5-7-15/h3-11,18H,2,12-14H2,1H3,(H,22,26)(H,24,25). The molecule has 0 spiro atoms. The molecule has 5 heteroatoms. The fourth-order valence-corrected chi connectivity index (χ4v) is 2.70. The molecular weight excluding hydrogens is 330 g/mol. The van der Waals surface area contributed by atoms with Crippen molar-refractivity contribution in [3.8, 4) is 0 Å². The lowest BCUT2D eigenvalue weighted by molar-refractivity contribution is -0.137. The van der Waals surface area contributed by atoms with Crippen LogP contribution in [0.15, 0.2) is 54.6 Å². The van der Waals surface area contributed by atoms with Crippen LogP contribution in [0.3, 0.4) is 0 Å². The highest BCUT2D eigenvalue weighted by molar-refractivity contribution is 5.98. The normalized spacial score (nSPS) is 11.6. The maximum absolute atomic E-state index is 12.5. The van der Waals surface area contributed by atoms with Crippen molar-refractivity contribution in [1.29, 1.82) is 0 Å². The SMILES string of the molecule is CCC(=O)c1ccc(C(=O)NC(CCC(=O)O)Cc2ccccc2)cc1. The number of benzene rings is 2. The van der Waals surface area contributed by atoms with Crippen LogP contribution in [0, 0.1) is 0 Å². The van der Waals surface area contributed by atoms with Gasteiger partial charge < -0.3 is 10.4 Å². The van der Waals surface area contributed by atoms with Crippen molar-refractivity contribution < 1.29 is 19.5 Å². The Bertz CT molecular complexity index is 753. The fraction of sp³-hybridized carbons (Fsp3) is 0.286. The number of amides is 1. The van der Waals surface area contributed by atoms with Crippen LogP contribution in [-0.4, -0.2) is 28.8 Å². The summed E-state index contributed by atoms with van der Waals surface area (Å²) in [6.45, 7) is 1.79. The number of rotatable bonds is 9. The second kappa shape index (κ2) is 9.51. The number of hydrogen-bond acceptors (Lipinski definition) is 3. The van der Waals surface area contributed by atoms with Crippen molar-refractivity contribution in [2.75, 3.05) is 0 Å². The molecule has 26 heavy (non-hydrogen) atoms. The van der Waals surface area contributed by atoms with Crippen LogP contribution in [0.2, 0.25) is 0 Å². The molecule has 2 aromatic carbocycles. The molecule has 0 saturated carbocycles. The Labute approximate surface area is 153 Å². The van der Waals surface area contributed by atoms with Gasteiger partial charge in [0.2, 0.25) is 0 Å². The van der Waals surface area contributed by atoms with E-state index in [0.717, 1.165) is 5.56 Å². The summed E-state index contributed by atoms with van der Waals surface area (Å²) in [6.07, 6.45) is 1.32. The Morgan fingerprint density at radius 3 is 2.15 bits per heavy atom. The molecular formula is C21H23NO4. The van der Waals surface area contributed by atoms with E-state index in [-0.39, 0.29) is 24.2 Å². The third-order valence-electron chi connectivity index (χ3n) is 4.16. The predicted molar refractivity (Wildman–Crippen MR) is 99.3 cm³/mol. The minimum Gasteiger partial charge on any atom is -0.481 e. The average Bonchev–Trinajstić information content (AvgIpc) is 2.66. The molecule has 0 aliphatic carbocycles. The summed E-state index contributed by atoms with van der Waals surface area (Å²) in [5, 5.41) is 11.9. The van der Waals surface area contributed by atoms with Gasteiger partial charge >= 0.3 is 5.97 Å². The zero-order valence-electron chi connectivity index (χ0n) is 14.8. The van der Waals surface area contributed by atoms with E-state index in [2.05, 4.69) is 5.32 Å².